The van der Waals surface area contributed by atoms with E-state index in [2.05, 4.69) is 0 Å². The Kier molecular flexibility index (Phi) is 4.63. The van der Waals surface area contributed by atoms with E-state index in [1.807, 2.05) is 0 Å². The quantitative estimate of drug-likeness (QED) is 0.804. The SMILES string of the molecule is CCOC(=O)CCC(C)(O)c1ccc(F)cc1. The first-order valence-corrected chi connectivity index (χ1v) is 5.60. The average molecular weight is 240 g/mol. The van der Waals surface area contributed by atoms with Gasteiger partial charge in [0.25, 0.3) is 0 Å². The second-order valence-corrected chi connectivity index (χ2v) is 4.09. The molecule has 1 N–H and O–H groups in total. The Labute approximate surface area is 100 Å². The van der Waals surface area contributed by atoms with Gasteiger partial charge in [-0.3, -0.25) is 4.79 Å². The van der Waals surface area contributed by atoms with Crippen molar-refractivity contribution in [1.29, 1.82) is 0 Å². The zero-order valence-electron chi connectivity index (χ0n) is 10.1. The molecule has 0 spiro atoms. The van der Waals surface area contributed by atoms with Crippen LogP contribution in [0.25, 0.3) is 0 Å². The number of hydrogen-bond donors (Lipinski definition) is 1. The molecule has 1 unspecified atom stereocenters. The minimum Gasteiger partial charge on any atom is -0.466 e. The van der Waals surface area contributed by atoms with E-state index < -0.39 is 5.60 Å². The van der Waals surface area contributed by atoms with Crippen molar-refractivity contribution < 1.29 is 19.0 Å². The van der Waals surface area contributed by atoms with Gasteiger partial charge in [0.15, 0.2) is 0 Å². The average Bonchev–Trinajstić information content (AvgIpc) is 2.28. The highest BCUT2D eigenvalue weighted by Gasteiger charge is 2.24. The zero-order valence-corrected chi connectivity index (χ0v) is 10.1. The molecular weight excluding hydrogens is 223 g/mol. The molecule has 1 rings (SSSR count). The summed E-state index contributed by atoms with van der Waals surface area (Å²) in [6.45, 7) is 3.66. The first kappa shape index (κ1) is 13.6. The number of ether oxygens (including phenoxy) is 1. The summed E-state index contributed by atoms with van der Waals surface area (Å²) in [6.07, 6.45) is 0.385. The Balaban J connectivity index is 2.61. The molecule has 0 aromatic heterocycles. The molecule has 4 heteroatoms. The normalized spacial score (nSPS) is 14.1. The number of hydrogen-bond acceptors (Lipinski definition) is 3. The van der Waals surface area contributed by atoms with Crippen LogP contribution in [0.3, 0.4) is 0 Å². The highest BCUT2D eigenvalue weighted by molar-refractivity contribution is 5.69. The molecule has 0 fully saturated rings. The van der Waals surface area contributed by atoms with Crippen molar-refractivity contribution in [3.8, 4) is 0 Å². The minimum atomic E-state index is -1.15. The van der Waals surface area contributed by atoms with Crippen LogP contribution in [-0.4, -0.2) is 17.7 Å². The third-order valence-corrected chi connectivity index (χ3v) is 2.59. The Morgan fingerprint density at radius 1 is 1.41 bits per heavy atom. The topological polar surface area (TPSA) is 46.5 Å². The van der Waals surface area contributed by atoms with Gasteiger partial charge in [0.05, 0.1) is 12.2 Å². The van der Waals surface area contributed by atoms with Crippen LogP contribution in [0.15, 0.2) is 24.3 Å². The summed E-state index contributed by atoms with van der Waals surface area (Å²) in [5.74, 6) is -0.690. The number of esters is 1. The second kappa shape index (κ2) is 5.77. The molecule has 1 aromatic carbocycles. The standard InChI is InChI=1S/C13H17FO3/c1-3-17-12(15)8-9-13(2,16)10-4-6-11(14)7-5-10/h4-7,16H,3,8-9H2,1-2H3. The highest BCUT2D eigenvalue weighted by Crippen LogP contribution is 2.26. The lowest BCUT2D eigenvalue weighted by molar-refractivity contribution is -0.144. The number of carbonyl (C=O) groups is 1. The third-order valence-electron chi connectivity index (χ3n) is 2.59. The van der Waals surface area contributed by atoms with Gasteiger partial charge in [-0.2, -0.15) is 0 Å². The molecule has 0 aliphatic carbocycles. The van der Waals surface area contributed by atoms with Gasteiger partial charge in [-0.1, -0.05) is 12.1 Å². The Bertz CT molecular complexity index is 371. The summed E-state index contributed by atoms with van der Waals surface area (Å²) >= 11 is 0. The molecular formula is C13H17FO3. The van der Waals surface area contributed by atoms with Crippen molar-refractivity contribution in [2.75, 3.05) is 6.61 Å². The molecule has 94 valence electrons. The van der Waals surface area contributed by atoms with Gasteiger partial charge in [-0.05, 0) is 38.0 Å². The van der Waals surface area contributed by atoms with E-state index in [0.29, 0.717) is 12.2 Å². The van der Waals surface area contributed by atoms with Crippen molar-refractivity contribution in [3.05, 3.63) is 35.6 Å². The Morgan fingerprint density at radius 2 is 2.00 bits per heavy atom. The van der Waals surface area contributed by atoms with Crippen LogP contribution < -0.4 is 0 Å². The van der Waals surface area contributed by atoms with Crippen LogP contribution >= 0.6 is 0 Å². The van der Waals surface area contributed by atoms with E-state index in [1.54, 1.807) is 13.8 Å². The number of rotatable bonds is 5. The maximum atomic E-state index is 12.7. The van der Waals surface area contributed by atoms with Gasteiger partial charge in [-0.25, -0.2) is 4.39 Å². The fraction of sp³-hybridized carbons (Fsp3) is 0.462. The summed E-state index contributed by atoms with van der Waals surface area (Å²) < 4.78 is 17.5. The molecule has 3 nitrogen and oxygen atoms in total. The van der Waals surface area contributed by atoms with Gasteiger partial charge in [0, 0.05) is 6.42 Å². The summed E-state index contributed by atoms with van der Waals surface area (Å²) in [5.41, 5.74) is -0.566. The highest BCUT2D eigenvalue weighted by atomic mass is 19.1. The van der Waals surface area contributed by atoms with Gasteiger partial charge in [0.2, 0.25) is 0 Å². The van der Waals surface area contributed by atoms with Crippen LogP contribution in [0.1, 0.15) is 32.3 Å². The minimum absolute atomic E-state index is 0.137. The summed E-state index contributed by atoms with van der Waals surface area (Å²) in [5, 5.41) is 10.2. The first-order valence-electron chi connectivity index (χ1n) is 5.60. The molecule has 0 bridgehead atoms. The van der Waals surface area contributed by atoms with Crippen molar-refractivity contribution >= 4 is 5.97 Å². The fourth-order valence-electron chi connectivity index (χ4n) is 1.53. The maximum absolute atomic E-state index is 12.7. The monoisotopic (exact) mass is 240 g/mol. The first-order chi connectivity index (χ1) is 7.95. The van der Waals surface area contributed by atoms with Gasteiger partial charge < -0.3 is 9.84 Å². The molecule has 17 heavy (non-hydrogen) atoms. The van der Waals surface area contributed by atoms with Crippen LogP contribution in [0.4, 0.5) is 4.39 Å². The lowest BCUT2D eigenvalue weighted by Gasteiger charge is -2.23. The van der Waals surface area contributed by atoms with Crippen LogP contribution in [0, 0.1) is 5.82 Å². The van der Waals surface area contributed by atoms with E-state index in [4.69, 9.17) is 4.74 Å². The number of halogens is 1. The number of benzene rings is 1. The largest absolute Gasteiger partial charge is 0.466 e. The van der Waals surface area contributed by atoms with Crippen LogP contribution in [-0.2, 0) is 15.1 Å². The molecule has 0 radical (unpaired) electrons. The van der Waals surface area contributed by atoms with E-state index >= 15 is 0 Å². The number of carbonyl (C=O) groups excluding carboxylic acids is 1. The molecule has 1 aromatic rings. The van der Waals surface area contributed by atoms with Crippen molar-refractivity contribution in [3.63, 3.8) is 0 Å². The summed E-state index contributed by atoms with van der Waals surface area (Å²) in [6, 6.07) is 5.60. The van der Waals surface area contributed by atoms with Crippen molar-refractivity contribution in [2.45, 2.75) is 32.3 Å². The predicted octanol–water partition coefficient (Wildman–Crippen LogP) is 2.38. The molecule has 1 atom stereocenters. The summed E-state index contributed by atoms with van der Waals surface area (Å²) in [4.78, 5) is 11.2. The lowest BCUT2D eigenvalue weighted by Crippen LogP contribution is -2.22. The van der Waals surface area contributed by atoms with Gasteiger partial charge in [0.1, 0.15) is 5.82 Å². The molecule has 0 aliphatic rings. The second-order valence-electron chi connectivity index (χ2n) is 4.09. The van der Waals surface area contributed by atoms with E-state index in [-0.39, 0.29) is 24.6 Å². The Hall–Kier alpha value is -1.42. The molecule has 0 aliphatic heterocycles. The van der Waals surface area contributed by atoms with Gasteiger partial charge >= 0.3 is 5.97 Å². The zero-order chi connectivity index (χ0) is 12.9. The number of aliphatic hydroxyl groups is 1. The molecule has 0 heterocycles. The maximum Gasteiger partial charge on any atom is 0.305 e. The fourth-order valence-corrected chi connectivity index (χ4v) is 1.53. The summed E-state index contributed by atoms with van der Waals surface area (Å²) in [7, 11) is 0. The lowest BCUT2D eigenvalue weighted by atomic mass is 9.91. The molecule has 0 saturated heterocycles. The van der Waals surface area contributed by atoms with Crippen molar-refractivity contribution in [1.82, 2.24) is 0 Å². The predicted molar refractivity (Wildman–Crippen MR) is 61.8 cm³/mol. The molecule has 0 amide bonds. The van der Waals surface area contributed by atoms with Crippen molar-refractivity contribution in [2.24, 2.45) is 0 Å². The van der Waals surface area contributed by atoms with Gasteiger partial charge in [-0.15, -0.1) is 0 Å². The van der Waals surface area contributed by atoms with Crippen LogP contribution in [0.5, 0.6) is 0 Å². The van der Waals surface area contributed by atoms with Crippen LogP contribution in [0.2, 0.25) is 0 Å². The molecule has 0 saturated carbocycles. The van der Waals surface area contributed by atoms with E-state index in [9.17, 15) is 14.3 Å². The Morgan fingerprint density at radius 3 is 2.53 bits per heavy atom. The van der Waals surface area contributed by atoms with E-state index in [0.717, 1.165) is 0 Å². The smallest absolute Gasteiger partial charge is 0.305 e. The third kappa shape index (κ3) is 4.15. The van der Waals surface area contributed by atoms with E-state index in [1.165, 1.54) is 24.3 Å².